The predicted molar refractivity (Wildman–Crippen MR) is 547 cm³/mol. The molecule has 0 radical (unpaired) electrons. The summed E-state index contributed by atoms with van der Waals surface area (Å²) in [5.74, 6) is 3.66. The van der Waals surface area contributed by atoms with Gasteiger partial charge in [0, 0.05) is 70.3 Å². The van der Waals surface area contributed by atoms with Crippen molar-refractivity contribution in [2.75, 3.05) is 67.0 Å². The molecule has 0 amide bonds. The van der Waals surface area contributed by atoms with Crippen molar-refractivity contribution in [3.05, 3.63) is 463 Å². The van der Waals surface area contributed by atoms with Crippen LogP contribution in [0, 0.1) is 103 Å². The summed E-state index contributed by atoms with van der Waals surface area (Å²) in [7, 11) is 7.44. The smallest absolute Gasteiger partial charge is 0.544 e. The number of anilines is 12. The van der Waals surface area contributed by atoms with Gasteiger partial charge in [-0.1, -0.05) is 72.1 Å². The van der Waals surface area contributed by atoms with Gasteiger partial charge < -0.3 is 97.0 Å². The number of hydrogen-bond donors (Lipinski definition) is 0. The number of para-hydroxylation sites is 8. The third-order valence-corrected chi connectivity index (χ3v) is 24.1. The normalized spacial score (nSPS) is 14.1. The van der Waals surface area contributed by atoms with Crippen molar-refractivity contribution in [3.8, 4) is 68.0 Å². The van der Waals surface area contributed by atoms with Crippen molar-refractivity contribution in [2.24, 2.45) is 0 Å². The first-order valence-electron chi connectivity index (χ1n) is 44.9. The monoisotopic (exact) mass is 2540 g/mol. The summed E-state index contributed by atoms with van der Waals surface area (Å²) in [6.07, 6.45) is 23.4. The molecule has 0 bridgehead atoms. The number of benzene rings is 12. The van der Waals surface area contributed by atoms with Crippen molar-refractivity contribution >= 4 is 118 Å². The van der Waals surface area contributed by atoms with Crippen LogP contribution < -0.4 is 79.3 Å². The van der Waals surface area contributed by atoms with Gasteiger partial charge in [0.2, 0.25) is 0 Å². The molecule has 16 aromatic rings. The summed E-state index contributed by atoms with van der Waals surface area (Å²) in [6, 6.07) is 123. The zero-order valence-electron chi connectivity index (χ0n) is 77.4. The predicted octanol–water partition coefficient (Wildman–Crippen LogP) is 19.7. The van der Waals surface area contributed by atoms with Gasteiger partial charge in [0.15, 0.2) is 0 Å². The van der Waals surface area contributed by atoms with Crippen LogP contribution in [-0.2, 0) is 80.4 Å². The first-order chi connectivity index (χ1) is 66.7. The minimum Gasteiger partial charge on any atom is -0.544 e. The van der Waals surface area contributed by atoms with E-state index in [1.807, 2.05) is 375 Å². The average Bonchev–Trinajstić information content (AvgIpc) is 1.57. The zero-order valence-corrected chi connectivity index (χ0v) is 87.0. The van der Waals surface area contributed by atoms with E-state index in [-0.39, 0.29) is 109 Å². The van der Waals surface area contributed by atoms with Crippen LogP contribution in [0.2, 0.25) is 0 Å². The first kappa shape index (κ1) is 97.5. The van der Waals surface area contributed by atoms with Gasteiger partial charge in [-0.25, -0.2) is 0 Å². The standard InChI is InChI=1S/4C18H12BN2O.4C10H10N2.4Ir/c2*1-12-8-9-13-14(11-12)19-21(16-6-4-10-20-18(13)16)15-5-2-3-7-17(15)22-19;2*1-12-8-9-17-16(11-12)21-15-7-4-10-20-18(15)13-5-2-3-6-14(13)19(21)22-17;4*1-11-7-8-12(9-11)10-5-3-2-4-6-10;;;;/h2*2-8,10-11H,1H3;2*2-4,6-11H,1H3;4*2-5,7-9H,1H3;;;;/q4*-1;4*-2;4*+3. The second-order valence-corrected chi connectivity index (χ2v) is 33.7. The second-order valence-electron chi connectivity index (χ2n) is 33.7. The summed E-state index contributed by atoms with van der Waals surface area (Å²) in [4.78, 5) is 43.4. The topological polar surface area (TPSA) is 127 Å². The van der Waals surface area contributed by atoms with Gasteiger partial charge in [-0.05, 0) is 200 Å². The fourth-order valence-electron chi connectivity index (χ4n) is 17.8. The van der Waals surface area contributed by atoms with Gasteiger partial charge in [0.25, 0.3) is 0 Å². The summed E-state index contributed by atoms with van der Waals surface area (Å²) >= 11 is 0. The first-order valence-corrected chi connectivity index (χ1v) is 44.9. The Bertz CT molecular complexity index is 6670. The third kappa shape index (κ3) is 20.0. The zero-order chi connectivity index (χ0) is 92.3. The molecule has 0 atom stereocenters. The number of pyridine rings is 4. The minimum absolute atomic E-state index is 0. The van der Waals surface area contributed by atoms with E-state index >= 15 is 0 Å². The van der Waals surface area contributed by atoms with E-state index in [9.17, 15) is 0 Å². The van der Waals surface area contributed by atoms with Gasteiger partial charge >= 0.3 is 109 Å². The Morgan fingerprint density at radius 2 is 0.514 bits per heavy atom. The van der Waals surface area contributed by atoms with Crippen molar-refractivity contribution in [2.45, 2.75) is 27.7 Å². The van der Waals surface area contributed by atoms with E-state index in [0.29, 0.717) is 0 Å². The number of fused-ring (bicyclic) bond motifs is 32. The summed E-state index contributed by atoms with van der Waals surface area (Å²) < 4.78 is 24.9. The van der Waals surface area contributed by atoms with Crippen molar-refractivity contribution in [1.29, 1.82) is 0 Å². The Morgan fingerprint density at radius 1 is 0.243 bits per heavy atom. The maximum Gasteiger partial charge on any atom is 3.00 e. The van der Waals surface area contributed by atoms with Crippen LogP contribution in [0.4, 0.5) is 68.2 Å². The molecule has 0 saturated heterocycles. The number of aromatic nitrogens is 4. The van der Waals surface area contributed by atoms with E-state index in [4.69, 9.17) is 18.6 Å². The van der Waals surface area contributed by atoms with Crippen LogP contribution in [0.25, 0.3) is 45.0 Å². The molecule has 20 nitrogen and oxygen atoms in total. The fourth-order valence-corrected chi connectivity index (χ4v) is 17.8. The van der Waals surface area contributed by atoms with E-state index in [0.717, 1.165) is 158 Å². The molecule has 4 aromatic heterocycles. The molecule has 0 spiro atoms. The molecule has 140 heavy (non-hydrogen) atoms. The van der Waals surface area contributed by atoms with E-state index < -0.39 is 0 Å². The molecule has 12 aliphatic rings. The van der Waals surface area contributed by atoms with E-state index in [1.165, 1.54) is 22.3 Å². The molecule has 0 saturated carbocycles. The maximum atomic E-state index is 6.23. The van der Waals surface area contributed by atoms with Crippen LogP contribution in [-0.4, -0.2) is 95.9 Å². The van der Waals surface area contributed by atoms with Gasteiger partial charge in [-0.2, -0.15) is 148 Å². The van der Waals surface area contributed by atoms with Gasteiger partial charge in [-0.15, -0.1) is 141 Å². The molecular formula is C112H88B4Ir4N16O4. The van der Waals surface area contributed by atoms with Crippen LogP contribution in [0.5, 0.6) is 23.0 Å². The Hall–Kier alpha value is -14.1. The molecule has 0 unspecified atom stereocenters. The molecular weight excluding hydrogens is 2450 g/mol. The summed E-state index contributed by atoms with van der Waals surface area (Å²) in [5.41, 5.74) is 30.2. The average molecular weight is 2530 g/mol. The molecule has 28 heteroatoms. The van der Waals surface area contributed by atoms with E-state index in [1.54, 1.807) is 0 Å². The van der Waals surface area contributed by atoms with Gasteiger partial charge in [0.1, 0.15) is 23.0 Å². The number of nitrogens with zero attached hydrogens (tertiary/aromatic N) is 16. The largest absolute Gasteiger partial charge is 3.00 e. The fraction of sp³-hybridized carbons (Fsp3) is 0.0714. The second kappa shape index (κ2) is 43.5. The number of rotatable bonds is 4. The van der Waals surface area contributed by atoms with Crippen LogP contribution >= 0.6 is 0 Å². The Morgan fingerprint density at radius 3 is 0.814 bits per heavy atom. The van der Waals surface area contributed by atoms with E-state index in [2.05, 4.69) is 200 Å². The SMILES string of the molecule is CN1C=CN(c2[c-]cccc2)[CH-]1.CN1C=CN(c2[c-]cccc2)[CH-]1.CN1C=CN(c2[c-]cccc2)[CH-]1.CN1C=CN(c2[c-]cccc2)[CH-]1.Cc1c[c-]c2c(c1)B1Oc3ccccc3N1c1cccnc1-2.Cc1c[c-]c2c(c1)B1Oc3ccccc3N1c1cccnc1-2.Cc1ccc2c(c1)N1B(O2)c2ccc[c-]c2-c2ncccc21.Cc1ccc2c(c1)N1B(O2)c2ccc[c-]c2-c2ncccc21.[Ir+3].[Ir+3].[Ir+3].[Ir+3]. The maximum absolute atomic E-state index is 6.23. The number of aryl methyl sites for hydroxylation is 4. The van der Waals surface area contributed by atoms with Crippen LogP contribution in [0.1, 0.15) is 22.3 Å². The molecule has 12 aromatic carbocycles. The summed E-state index contributed by atoms with van der Waals surface area (Å²) in [6.45, 7) is 16.4. The molecule has 16 heterocycles. The minimum atomic E-state index is -0.139. The molecule has 0 fully saturated rings. The molecule has 688 valence electrons. The molecule has 12 aliphatic heterocycles. The Labute approximate surface area is 875 Å². The van der Waals surface area contributed by atoms with Crippen LogP contribution in [0.15, 0.2) is 366 Å². The van der Waals surface area contributed by atoms with Gasteiger partial charge in [-0.3, -0.25) is 0 Å². The quantitative estimate of drug-likeness (QED) is 0.122. The molecule has 0 N–H and O–H groups in total. The molecule has 28 rings (SSSR count). The van der Waals surface area contributed by atoms with Crippen molar-refractivity contribution in [1.82, 2.24) is 39.5 Å². The Kier molecular flexibility index (Phi) is 30.3. The Balaban J connectivity index is 0.000000112. The molecule has 0 aliphatic carbocycles. The van der Waals surface area contributed by atoms with Crippen molar-refractivity contribution in [3.63, 3.8) is 0 Å². The van der Waals surface area contributed by atoms with Crippen molar-refractivity contribution < 1.29 is 99.0 Å². The van der Waals surface area contributed by atoms with Crippen LogP contribution in [0.3, 0.4) is 0 Å². The third-order valence-electron chi connectivity index (χ3n) is 24.1. The number of hydrogen-bond acceptors (Lipinski definition) is 20. The van der Waals surface area contributed by atoms with Gasteiger partial charge in [0.05, 0.1) is 22.7 Å². The summed E-state index contributed by atoms with van der Waals surface area (Å²) in [5, 5.41) is 0.